The Kier molecular flexibility index (Phi) is 4.23. The number of halogens is 1. The average molecular weight is 256 g/mol. The van der Waals surface area contributed by atoms with Crippen LogP contribution in [-0.2, 0) is 11.2 Å². The lowest BCUT2D eigenvalue weighted by Crippen LogP contribution is -2.45. The molecule has 4 nitrogen and oxygen atoms in total. The van der Waals surface area contributed by atoms with Crippen LogP contribution in [0.3, 0.4) is 0 Å². The zero-order chi connectivity index (χ0) is 11.7. The molecule has 2 rings (SSSR count). The van der Waals surface area contributed by atoms with Crippen LogP contribution in [0.2, 0.25) is 0 Å². The summed E-state index contributed by atoms with van der Waals surface area (Å²) < 4.78 is 0. The number of benzene rings is 1. The van der Waals surface area contributed by atoms with E-state index in [1.165, 1.54) is 0 Å². The maximum Gasteiger partial charge on any atom is 0.239 e. The molecule has 0 fully saturated rings. The highest BCUT2D eigenvalue weighted by Gasteiger charge is 2.25. The summed E-state index contributed by atoms with van der Waals surface area (Å²) in [5.74, 6) is -0.296. The molecule has 1 aliphatic heterocycles. The van der Waals surface area contributed by atoms with Crippen molar-refractivity contribution in [3.8, 4) is 0 Å². The van der Waals surface area contributed by atoms with Gasteiger partial charge in [0.15, 0.2) is 0 Å². The van der Waals surface area contributed by atoms with Crippen molar-refractivity contribution in [2.45, 2.75) is 25.8 Å². The second kappa shape index (κ2) is 5.27. The number of amides is 1. The summed E-state index contributed by atoms with van der Waals surface area (Å²) in [6, 6.07) is 5.54. The van der Waals surface area contributed by atoms with E-state index in [1.54, 1.807) is 0 Å². The van der Waals surface area contributed by atoms with Crippen LogP contribution in [0, 0.1) is 0 Å². The Labute approximate surface area is 107 Å². The largest absolute Gasteiger partial charge is 0.398 e. The number of hydrogen-bond donors (Lipinski definition) is 2. The van der Waals surface area contributed by atoms with Crippen molar-refractivity contribution in [3.05, 3.63) is 23.8 Å². The average Bonchev–Trinajstić information content (AvgIpc) is 2.28. The molecule has 17 heavy (non-hydrogen) atoms. The van der Waals surface area contributed by atoms with Crippen LogP contribution >= 0.6 is 12.4 Å². The number of nitrogens with two attached hydrogens (primary N) is 2. The summed E-state index contributed by atoms with van der Waals surface area (Å²) in [7, 11) is 0. The van der Waals surface area contributed by atoms with Crippen LogP contribution in [0.15, 0.2) is 18.2 Å². The fraction of sp³-hybridized carbons (Fsp3) is 0.417. The summed E-state index contributed by atoms with van der Waals surface area (Å²) in [6.07, 6.45) is 1.99. The molecule has 5 heteroatoms. The fourth-order valence-corrected chi connectivity index (χ4v) is 2.24. The topological polar surface area (TPSA) is 72.4 Å². The van der Waals surface area contributed by atoms with Gasteiger partial charge in [0.25, 0.3) is 0 Å². The molecule has 1 aromatic rings. The summed E-state index contributed by atoms with van der Waals surface area (Å²) in [5.41, 5.74) is 14.3. The third-order valence-electron chi connectivity index (χ3n) is 3.20. The predicted octanol–water partition coefficient (Wildman–Crippen LogP) is 1.32. The van der Waals surface area contributed by atoms with Gasteiger partial charge >= 0.3 is 0 Å². The van der Waals surface area contributed by atoms with Gasteiger partial charge in [-0.05, 0) is 37.5 Å². The number of fused-ring (bicyclic) bond motifs is 1. The zero-order valence-corrected chi connectivity index (χ0v) is 10.7. The van der Waals surface area contributed by atoms with Crippen molar-refractivity contribution in [2.24, 2.45) is 5.73 Å². The van der Waals surface area contributed by atoms with Crippen LogP contribution in [-0.4, -0.2) is 18.5 Å². The highest BCUT2D eigenvalue weighted by atomic mass is 35.5. The molecule has 0 aromatic heterocycles. The Bertz CT molecular complexity index is 422. The van der Waals surface area contributed by atoms with E-state index < -0.39 is 0 Å². The van der Waals surface area contributed by atoms with Crippen molar-refractivity contribution in [1.29, 1.82) is 0 Å². The second-order valence-corrected chi connectivity index (χ2v) is 4.22. The van der Waals surface area contributed by atoms with Gasteiger partial charge in [-0.15, -0.1) is 12.4 Å². The van der Waals surface area contributed by atoms with E-state index in [4.69, 9.17) is 11.5 Å². The first-order chi connectivity index (χ1) is 7.61. The van der Waals surface area contributed by atoms with E-state index >= 15 is 0 Å². The number of primary amides is 1. The highest BCUT2D eigenvalue weighted by molar-refractivity contribution is 5.85. The molecule has 1 aliphatic rings. The maximum absolute atomic E-state index is 11.2. The molecule has 0 saturated carbocycles. The minimum Gasteiger partial charge on any atom is -0.398 e. The molecular weight excluding hydrogens is 238 g/mol. The lowest BCUT2D eigenvalue weighted by molar-refractivity contribution is -0.119. The van der Waals surface area contributed by atoms with Crippen LogP contribution in [0.1, 0.15) is 18.9 Å². The molecule has 1 heterocycles. The molecule has 0 aliphatic carbocycles. The van der Waals surface area contributed by atoms with E-state index in [9.17, 15) is 4.79 Å². The molecule has 1 aromatic carbocycles. The molecule has 0 spiro atoms. The van der Waals surface area contributed by atoms with Crippen LogP contribution in [0.25, 0.3) is 0 Å². The van der Waals surface area contributed by atoms with E-state index in [0.29, 0.717) is 0 Å². The number of carbonyl (C=O) groups excluding carboxylic acids is 1. The molecule has 0 radical (unpaired) electrons. The van der Waals surface area contributed by atoms with Gasteiger partial charge in [0, 0.05) is 17.9 Å². The van der Waals surface area contributed by atoms with Crippen molar-refractivity contribution < 1.29 is 4.79 Å². The van der Waals surface area contributed by atoms with Gasteiger partial charge in [-0.2, -0.15) is 0 Å². The minimum atomic E-state index is -0.296. The van der Waals surface area contributed by atoms with Crippen molar-refractivity contribution in [2.75, 3.05) is 17.2 Å². The molecule has 94 valence electrons. The normalized spacial score (nSPS) is 15.7. The van der Waals surface area contributed by atoms with Gasteiger partial charge in [-0.25, -0.2) is 0 Å². The number of nitrogen functional groups attached to an aromatic ring is 1. The van der Waals surface area contributed by atoms with Crippen molar-refractivity contribution >= 4 is 29.7 Å². The summed E-state index contributed by atoms with van der Waals surface area (Å²) >= 11 is 0. The van der Waals surface area contributed by atoms with Gasteiger partial charge in [0.2, 0.25) is 5.91 Å². The summed E-state index contributed by atoms with van der Waals surface area (Å²) in [6.45, 7) is 2.70. The second-order valence-electron chi connectivity index (χ2n) is 4.22. The number of carbonyl (C=O) groups is 1. The predicted molar refractivity (Wildman–Crippen MR) is 72.4 cm³/mol. The molecule has 0 bridgehead atoms. The highest BCUT2D eigenvalue weighted by Crippen LogP contribution is 2.32. The minimum absolute atomic E-state index is 0. The SMILES string of the molecule is CC(C(N)=O)N1CCCc2c(N)cccc21.Cl. The third-order valence-corrected chi connectivity index (χ3v) is 3.20. The van der Waals surface area contributed by atoms with Gasteiger partial charge < -0.3 is 16.4 Å². The zero-order valence-electron chi connectivity index (χ0n) is 9.85. The Morgan fingerprint density at radius 3 is 2.82 bits per heavy atom. The molecule has 4 N–H and O–H groups in total. The molecule has 1 atom stereocenters. The Balaban J connectivity index is 0.00000144. The van der Waals surface area contributed by atoms with Crippen LogP contribution < -0.4 is 16.4 Å². The Morgan fingerprint density at radius 1 is 1.47 bits per heavy atom. The van der Waals surface area contributed by atoms with Gasteiger partial charge in [0.05, 0.1) is 0 Å². The first-order valence-corrected chi connectivity index (χ1v) is 5.54. The molecule has 1 unspecified atom stereocenters. The molecule has 1 amide bonds. The van der Waals surface area contributed by atoms with Gasteiger partial charge in [-0.1, -0.05) is 6.07 Å². The van der Waals surface area contributed by atoms with Crippen LogP contribution in [0.5, 0.6) is 0 Å². The third kappa shape index (κ3) is 2.47. The first kappa shape index (κ1) is 13.6. The van der Waals surface area contributed by atoms with Gasteiger partial charge in [0.1, 0.15) is 6.04 Å². The fourth-order valence-electron chi connectivity index (χ4n) is 2.24. The Morgan fingerprint density at radius 2 is 2.18 bits per heavy atom. The lowest BCUT2D eigenvalue weighted by atomic mass is 9.98. The summed E-state index contributed by atoms with van der Waals surface area (Å²) in [4.78, 5) is 13.3. The quantitative estimate of drug-likeness (QED) is 0.783. The standard InChI is InChI=1S/C12H17N3O.ClH/c1-8(12(14)16)15-7-3-4-9-10(13)5-2-6-11(9)15;/h2,5-6,8H,3-4,7,13H2,1H3,(H2,14,16);1H. The van der Waals surface area contributed by atoms with E-state index in [1.807, 2.05) is 30.0 Å². The summed E-state index contributed by atoms with van der Waals surface area (Å²) in [5, 5.41) is 0. The lowest BCUT2D eigenvalue weighted by Gasteiger charge is -2.35. The van der Waals surface area contributed by atoms with E-state index in [2.05, 4.69) is 0 Å². The molecular formula is C12H18ClN3O. The number of nitrogens with zero attached hydrogens (tertiary/aromatic N) is 1. The van der Waals surface area contributed by atoms with Crippen molar-refractivity contribution in [3.63, 3.8) is 0 Å². The number of rotatable bonds is 2. The Hall–Kier alpha value is -1.42. The van der Waals surface area contributed by atoms with Crippen molar-refractivity contribution in [1.82, 2.24) is 0 Å². The molecule has 0 saturated heterocycles. The van der Waals surface area contributed by atoms with Gasteiger partial charge in [-0.3, -0.25) is 4.79 Å². The van der Waals surface area contributed by atoms with Crippen LogP contribution in [0.4, 0.5) is 11.4 Å². The van der Waals surface area contributed by atoms with E-state index in [-0.39, 0.29) is 24.4 Å². The smallest absolute Gasteiger partial charge is 0.239 e. The number of anilines is 2. The monoisotopic (exact) mass is 255 g/mol. The first-order valence-electron chi connectivity index (χ1n) is 5.54. The van der Waals surface area contributed by atoms with E-state index in [0.717, 1.165) is 36.3 Å². The maximum atomic E-state index is 11.2. The number of hydrogen-bond acceptors (Lipinski definition) is 3.